The van der Waals surface area contributed by atoms with Crippen molar-refractivity contribution in [3.8, 4) is 0 Å². The second-order valence-corrected chi connectivity index (χ2v) is 6.72. The van der Waals surface area contributed by atoms with Gasteiger partial charge in [-0.2, -0.15) is 0 Å². The monoisotopic (exact) mass is 319 g/mol. The minimum absolute atomic E-state index is 0.281. The largest absolute Gasteiger partial charge is 0.321 e. The Balaban J connectivity index is 2.09. The van der Waals surface area contributed by atoms with E-state index in [2.05, 4.69) is 24.3 Å². The van der Waals surface area contributed by atoms with Crippen LogP contribution in [0, 0.1) is 0 Å². The van der Waals surface area contributed by atoms with E-state index in [1.807, 2.05) is 24.3 Å². The van der Waals surface area contributed by atoms with Gasteiger partial charge in [0.25, 0.3) is 0 Å². The van der Waals surface area contributed by atoms with Crippen molar-refractivity contribution in [2.24, 2.45) is 5.73 Å². The Bertz CT molecular complexity index is 626. The second kappa shape index (κ2) is 6.00. The topological polar surface area (TPSA) is 26.0 Å². The highest BCUT2D eigenvalue weighted by molar-refractivity contribution is 6.33. The molecular formula is C18H19Cl2N. The molecule has 21 heavy (non-hydrogen) atoms. The van der Waals surface area contributed by atoms with Gasteiger partial charge in [0.15, 0.2) is 0 Å². The summed E-state index contributed by atoms with van der Waals surface area (Å²) in [7, 11) is 0. The normalized spacial score (nSPS) is 25.8. The lowest BCUT2D eigenvalue weighted by Gasteiger charge is -2.42. The lowest BCUT2D eigenvalue weighted by molar-refractivity contribution is 0.255. The molecule has 110 valence electrons. The molecule has 2 unspecified atom stereocenters. The summed E-state index contributed by atoms with van der Waals surface area (Å²) >= 11 is 12.6. The maximum absolute atomic E-state index is 6.88. The van der Waals surface area contributed by atoms with E-state index < -0.39 is 5.54 Å². The summed E-state index contributed by atoms with van der Waals surface area (Å²) in [5.41, 5.74) is 8.71. The lowest BCUT2D eigenvalue weighted by Crippen LogP contribution is -2.45. The third-order valence-corrected chi connectivity index (χ3v) is 5.15. The van der Waals surface area contributed by atoms with Crippen molar-refractivity contribution >= 4 is 23.2 Å². The zero-order valence-corrected chi connectivity index (χ0v) is 13.4. The van der Waals surface area contributed by atoms with Crippen molar-refractivity contribution in [3.05, 3.63) is 69.7 Å². The number of hydrogen-bond donors (Lipinski definition) is 1. The van der Waals surface area contributed by atoms with Gasteiger partial charge in [-0.3, -0.25) is 0 Å². The predicted octanol–water partition coefficient (Wildman–Crippen LogP) is 5.51. The van der Waals surface area contributed by atoms with Crippen LogP contribution in [-0.4, -0.2) is 0 Å². The Kier molecular flexibility index (Phi) is 4.26. The van der Waals surface area contributed by atoms with Gasteiger partial charge in [-0.1, -0.05) is 66.4 Å². The van der Waals surface area contributed by atoms with Crippen molar-refractivity contribution in [1.29, 1.82) is 0 Å². The molecule has 2 aromatic rings. The Morgan fingerprint density at radius 2 is 1.76 bits per heavy atom. The standard InChI is InChI=1S/C18H19Cl2N/c19-14-9-10-17(20)16(12-14)18(21)11-5-4-8-15(18)13-6-2-1-3-7-13/h1-3,6-7,9-10,12,15H,4-5,8,11,21H2. The highest BCUT2D eigenvalue weighted by Gasteiger charge is 2.40. The first-order valence-corrected chi connectivity index (χ1v) is 8.16. The van der Waals surface area contributed by atoms with Crippen LogP contribution in [0.3, 0.4) is 0 Å². The summed E-state index contributed by atoms with van der Waals surface area (Å²) in [6.07, 6.45) is 4.36. The van der Waals surface area contributed by atoms with E-state index >= 15 is 0 Å². The summed E-state index contributed by atoms with van der Waals surface area (Å²) in [5.74, 6) is 0.281. The van der Waals surface area contributed by atoms with Gasteiger partial charge in [0.1, 0.15) is 0 Å². The number of hydrogen-bond acceptors (Lipinski definition) is 1. The molecule has 0 amide bonds. The molecule has 1 fully saturated rings. The zero-order chi connectivity index (χ0) is 14.9. The first kappa shape index (κ1) is 14.9. The van der Waals surface area contributed by atoms with Crippen LogP contribution in [-0.2, 0) is 5.54 Å². The molecule has 1 aliphatic rings. The fourth-order valence-corrected chi connectivity index (χ4v) is 3.99. The molecule has 1 saturated carbocycles. The lowest BCUT2D eigenvalue weighted by atomic mass is 9.67. The number of nitrogens with two attached hydrogens (primary N) is 1. The molecule has 0 saturated heterocycles. The maximum Gasteiger partial charge on any atom is 0.0494 e. The van der Waals surface area contributed by atoms with Crippen LogP contribution < -0.4 is 5.73 Å². The molecule has 3 rings (SSSR count). The molecule has 2 N–H and O–H groups in total. The van der Waals surface area contributed by atoms with E-state index in [1.165, 1.54) is 12.0 Å². The van der Waals surface area contributed by atoms with Gasteiger partial charge >= 0.3 is 0 Å². The Hall–Kier alpha value is -1.02. The van der Waals surface area contributed by atoms with Gasteiger partial charge < -0.3 is 5.73 Å². The van der Waals surface area contributed by atoms with Crippen LogP contribution >= 0.6 is 23.2 Å². The van der Waals surface area contributed by atoms with Crippen LogP contribution in [0.2, 0.25) is 10.0 Å². The van der Waals surface area contributed by atoms with E-state index in [9.17, 15) is 0 Å². The van der Waals surface area contributed by atoms with E-state index in [0.717, 1.165) is 24.8 Å². The molecule has 2 atom stereocenters. The van der Waals surface area contributed by atoms with Crippen LogP contribution in [0.25, 0.3) is 0 Å². The quantitative estimate of drug-likeness (QED) is 0.776. The van der Waals surface area contributed by atoms with Gasteiger partial charge in [-0.05, 0) is 42.2 Å². The summed E-state index contributed by atoms with van der Waals surface area (Å²) in [6.45, 7) is 0. The summed E-state index contributed by atoms with van der Waals surface area (Å²) in [4.78, 5) is 0. The summed E-state index contributed by atoms with van der Waals surface area (Å²) in [6, 6.07) is 16.1. The highest BCUT2D eigenvalue weighted by atomic mass is 35.5. The summed E-state index contributed by atoms with van der Waals surface area (Å²) < 4.78 is 0. The third-order valence-electron chi connectivity index (χ3n) is 4.59. The first-order valence-electron chi connectivity index (χ1n) is 7.40. The molecule has 0 aromatic heterocycles. The van der Waals surface area contributed by atoms with E-state index in [1.54, 1.807) is 0 Å². The van der Waals surface area contributed by atoms with Crippen LogP contribution in [0.4, 0.5) is 0 Å². The smallest absolute Gasteiger partial charge is 0.0494 e. The molecule has 0 aliphatic heterocycles. The fourth-order valence-electron chi connectivity index (χ4n) is 3.52. The SMILES string of the molecule is NC1(c2cc(Cl)ccc2Cl)CCCCC1c1ccccc1. The second-order valence-electron chi connectivity index (χ2n) is 5.87. The van der Waals surface area contributed by atoms with E-state index in [0.29, 0.717) is 10.0 Å². The molecule has 3 heteroatoms. The highest BCUT2D eigenvalue weighted by Crippen LogP contribution is 2.47. The molecule has 1 aliphatic carbocycles. The van der Waals surface area contributed by atoms with Gasteiger partial charge in [0, 0.05) is 21.5 Å². The van der Waals surface area contributed by atoms with Gasteiger partial charge in [0.05, 0.1) is 0 Å². The molecule has 0 bridgehead atoms. The number of halogens is 2. The van der Waals surface area contributed by atoms with E-state index in [4.69, 9.17) is 28.9 Å². The number of benzene rings is 2. The van der Waals surface area contributed by atoms with Crippen LogP contribution in [0.15, 0.2) is 48.5 Å². The summed E-state index contributed by atoms with van der Waals surface area (Å²) in [5, 5.41) is 1.40. The average molecular weight is 320 g/mol. The molecule has 0 heterocycles. The van der Waals surface area contributed by atoms with E-state index in [-0.39, 0.29) is 5.92 Å². The molecule has 2 aromatic carbocycles. The maximum atomic E-state index is 6.88. The fraction of sp³-hybridized carbons (Fsp3) is 0.333. The minimum Gasteiger partial charge on any atom is -0.321 e. The van der Waals surface area contributed by atoms with Crippen molar-refractivity contribution in [1.82, 2.24) is 0 Å². The van der Waals surface area contributed by atoms with Gasteiger partial charge in [-0.15, -0.1) is 0 Å². The van der Waals surface area contributed by atoms with Crippen molar-refractivity contribution in [2.45, 2.75) is 37.1 Å². The van der Waals surface area contributed by atoms with Crippen molar-refractivity contribution in [2.75, 3.05) is 0 Å². The number of rotatable bonds is 2. The Morgan fingerprint density at radius 3 is 2.52 bits per heavy atom. The van der Waals surface area contributed by atoms with Crippen molar-refractivity contribution < 1.29 is 0 Å². The van der Waals surface area contributed by atoms with Crippen molar-refractivity contribution in [3.63, 3.8) is 0 Å². The molecule has 0 spiro atoms. The Labute approximate surface area is 136 Å². The predicted molar refractivity (Wildman–Crippen MR) is 90.0 cm³/mol. The third kappa shape index (κ3) is 2.83. The first-order chi connectivity index (χ1) is 10.1. The zero-order valence-electron chi connectivity index (χ0n) is 11.9. The molecular weight excluding hydrogens is 301 g/mol. The minimum atomic E-state index is -0.443. The van der Waals surface area contributed by atoms with Crippen LogP contribution in [0.5, 0.6) is 0 Å². The van der Waals surface area contributed by atoms with Gasteiger partial charge in [-0.25, -0.2) is 0 Å². The van der Waals surface area contributed by atoms with Gasteiger partial charge in [0.2, 0.25) is 0 Å². The Morgan fingerprint density at radius 1 is 1.00 bits per heavy atom. The molecule has 1 nitrogen and oxygen atoms in total. The average Bonchev–Trinajstić information content (AvgIpc) is 2.51. The molecule has 0 radical (unpaired) electrons. The van der Waals surface area contributed by atoms with Crippen LogP contribution in [0.1, 0.15) is 42.7 Å².